The summed E-state index contributed by atoms with van der Waals surface area (Å²) in [4.78, 5) is 16.2. The molecule has 0 spiro atoms. The van der Waals surface area contributed by atoms with Crippen molar-refractivity contribution in [2.45, 2.75) is 13.5 Å². The number of hydrogen-bond acceptors (Lipinski definition) is 4. The van der Waals surface area contributed by atoms with Gasteiger partial charge in [0.1, 0.15) is 19.5 Å². The van der Waals surface area contributed by atoms with Crippen LogP contribution >= 0.6 is 11.6 Å². The van der Waals surface area contributed by atoms with Crippen molar-refractivity contribution in [1.29, 1.82) is 0 Å². The molecule has 0 aliphatic carbocycles. The van der Waals surface area contributed by atoms with Gasteiger partial charge >= 0.3 is 0 Å². The first kappa shape index (κ1) is 16.0. The van der Waals surface area contributed by atoms with Crippen LogP contribution in [-0.4, -0.2) is 18.1 Å². The molecule has 0 aliphatic heterocycles. The molecule has 0 atom stereocenters. The van der Waals surface area contributed by atoms with E-state index >= 15 is 0 Å². The summed E-state index contributed by atoms with van der Waals surface area (Å²) in [6.07, 6.45) is 0. The summed E-state index contributed by atoms with van der Waals surface area (Å²) in [7, 11) is 1.37. The summed E-state index contributed by atoms with van der Waals surface area (Å²) in [6.45, 7) is 2.29. The molecule has 22 heavy (non-hydrogen) atoms. The van der Waals surface area contributed by atoms with E-state index in [4.69, 9.17) is 21.2 Å². The molecular weight excluding hydrogens is 302 g/mol. The first-order valence-electron chi connectivity index (χ1n) is 6.70. The molecule has 2 aromatic carbocycles. The summed E-state index contributed by atoms with van der Waals surface area (Å²) in [6, 6.07) is 15.0. The van der Waals surface area contributed by atoms with Crippen molar-refractivity contribution in [3.05, 3.63) is 65.2 Å². The van der Waals surface area contributed by atoms with Gasteiger partial charge < -0.3 is 9.57 Å². The Morgan fingerprint density at radius 2 is 1.95 bits per heavy atom. The highest BCUT2D eigenvalue weighted by atomic mass is 35.5. The second-order valence-electron chi connectivity index (χ2n) is 4.66. The van der Waals surface area contributed by atoms with Gasteiger partial charge in [0.2, 0.25) is 0 Å². The molecule has 0 saturated carbocycles. The normalized spacial score (nSPS) is 11.1. The largest absolute Gasteiger partial charge is 0.489 e. The van der Waals surface area contributed by atoms with Crippen molar-refractivity contribution in [3.8, 4) is 5.75 Å². The summed E-state index contributed by atoms with van der Waals surface area (Å²) >= 11 is 5.58. The molecule has 0 aliphatic rings. The lowest BCUT2D eigenvalue weighted by molar-refractivity contribution is -0.106. The molecule has 0 fully saturated rings. The zero-order chi connectivity index (χ0) is 15.9. The highest BCUT2D eigenvalue weighted by molar-refractivity contribution is 6.84. The smallest absolute Gasteiger partial charge is 0.274 e. The Morgan fingerprint density at radius 3 is 2.64 bits per heavy atom. The molecule has 0 aromatic heterocycles. The van der Waals surface area contributed by atoms with Crippen LogP contribution < -0.4 is 4.74 Å². The van der Waals surface area contributed by atoms with Gasteiger partial charge in [-0.2, -0.15) is 0 Å². The number of carbonyl (C=O) groups is 1. The van der Waals surface area contributed by atoms with Crippen molar-refractivity contribution in [1.82, 2.24) is 0 Å². The van der Waals surface area contributed by atoms with Crippen LogP contribution in [0.4, 0.5) is 0 Å². The van der Waals surface area contributed by atoms with Gasteiger partial charge in [0.05, 0.1) is 0 Å². The second-order valence-corrected chi connectivity index (χ2v) is 5.00. The molecule has 0 N–H and O–H groups in total. The lowest BCUT2D eigenvalue weighted by Gasteiger charge is -2.11. The zero-order valence-electron chi connectivity index (χ0n) is 12.4. The number of oxime groups is 1. The van der Waals surface area contributed by atoms with E-state index in [0.717, 1.165) is 16.9 Å². The average Bonchev–Trinajstić information content (AvgIpc) is 2.51. The van der Waals surface area contributed by atoms with Crippen LogP contribution in [0, 0.1) is 6.92 Å². The molecular formula is C17H16ClNO3. The van der Waals surface area contributed by atoms with Crippen LogP contribution in [-0.2, 0) is 16.2 Å². The maximum Gasteiger partial charge on any atom is 0.274 e. The fourth-order valence-corrected chi connectivity index (χ4v) is 2.16. The van der Waals surface area contributed by atoms with Crippen LogP contribution in [0.3, 0.4) is 0 Å². The Hall–Kier alpha value is -2.33. The Kier molecular flexibility index (Phi) is 5.55. The number of rotatable bonds is 6. The molecule has 2 aromatic rings. The van der Waals surface area contributed by atoms with Crippen LogP contribution in [0.25, 0.3) is 0 Å². The molecule has 0 unspecified atom stereocenters. The molecule has 114 valence electrons. The summed E-state index contributed by atoms with van der Waals surface area (Å²) in [5.41, 5.74) is 2.57. The van der Waals surface area contributed by atoms with Crippen LogP contribution in [0.15, 0.2) is 53.7 Å². The second kappa shape index (κ2) is 7.61. The number of aryl methyl sites for hydroxylation is 1. The molecule has 2 rings (SSSR count). The standard InChI is InChI=1S/C17H16ClNO3/c1-12-6-5-8-14(10-12)22-11-13-7-3-4-9-15(13)16(17(18)20)19-21-2/h3-10H,11H2,1-2H3/b19-16+. The van der Waals surface area contributed by atoms with Gasteiger partial charge in [0, 0.05) is 5.56 Å². The monoisotopic (exact) mass is 317 g/mol. The zero-order valence-corrected chi connectivity index (χ0v) is 13.1. The average molecular weight is 318 g/mol. The quantitative estimate of drug-likeness (QED) is 0.464. The molecule has 4 nitrogen and oxygen atoms in total. The van der Waals surface area contributed by atoms with E-state index in [1.165, 1.54) is 7.11 Å². The predicted octanol–water partition coefficient (Wildman–Crippen LogP) is 3.69. The van der Waals surface area contributed by atoms with Gasteiger partial charge in [0.25, 0.3) is 5.24 Å². The van der Waals surface area contributed by atoms with E-state index < -0.39 is 5.24 Å². The minimum Gasteiger partial charge on any atom is -0.489 e. The number of nitrogens with zero attached hydrogens (tertiary/aromatic N) is 1. The highest BCUT2D eigenvalue weighted by Gasteiger charge is 2.16. The van der Waals surface area contributed by atoms with E-state index in [2.05, 4.69) is 5.16 Å². The van der Waals surface area contributed by atoms with Crippen molar-refractivity contribution in [2.75, 3.05) is 7.11 Å². The lowest BCUT2D eigenvalue weighted by Crippen LogP contribution is -2.14. The number of ether oxygens (including phenoxy) is 1. The van der Waals surface area contributed by atoms with Crippen molar-refractivity contribution < 1.29 is 14.4 Å². The van der Waals surface area contributed by atoms with Crippen LogP contribution in [0.2, 0.25) is 0 Å². The lowest BCUT2D eigenvalue weighted by atomic mass is 10.0. The molecule has 0 amide bonds. The van der Waals surface area contributed by atoms with Gasteiger partial charge in [-0.25, -0.2) is 0 Å². The highest BCUT2D eigenvalue weighted by Crippen LogP contribution is 2.18. The fourth-order valence-electron chi connectivity index (χ4n) is 2.03. The van der Waals surface area contributed by atoms with Gasteiger partial charge in [-0.1, -0.05) is 41.6 Å². The Balaban J connectivity index is 2.25. The molecule has 5 heteroatoms. The Bertz CT molecular complexity index is 698. The van der Waals surface area contributed by atoms with E-state index in [-0.39, 0.29) is 5.71 Å². The number of halogens is 1. The first-order chi connectivity index (χ1) is 10.6. The molecule has 0 heterocycles. The number of benzene rings is 2. The van der Waals surface area contributed by atoms with E-state index in [1.807, 2.05) is 43.3 Å². The minimum absolute atomic E-state index is 0.0626. The topological polar surface area (TPSA) is 47.9 Å². The van der Waals surface area contributed by atoms with Gasteiger partial charge in [-0.15, -0.1) is 0 Å². The minimum atomic E-state index is -0.676. The summed E-state index contributed by atoms with van der Waals surface area (Å²) in [5.74, 6) is 0.761. The van der Waals surface area contributed by atoms with Crippen molar-refractivity contribution >= 4 is 22.6 Å². The third-order valence-corrected chi connectivity index (χ3v) is 3.20. The summed E-state index contributed by atoms with van der Waals surface area (Å²) in [5, 5.41) is 3.03. The number of carbonyl (C=O) groups excluding carboxylic acids is 1. The van der Waals surface area contributed by atoms with Gasteiger partial charge in [-0.05, 0) is 41.8 Å². The molecule has 0 saturated heterocycles. The van der Waals surface area contributed by atoms with Gasteiger partial charge in [-0.3, -0.25) is 4.79 Å². The predicted molar refractivity (Wildman–Crippen MR) is 86.4 cm³/mol. The van der Waals surface area contributed by atoms with Crippen molar-refractivity contribution in [3.63, 3.8) is 0 Å². The first-order valence-corrected chi connectivity index (χ1v) is 7.08. The van der Waals surface area contributed by atoms with Crippen LogP contribution in [0.1, 0.15) is 16.7 Å². The maximum atomic E-state index is 11.5. The number of hydrogen-bond donors (Lipinski definition) is 0. The Morgan fingerprint density at radius 1 is 1.18 bits per heavy atom. The van der Waals surface area contributed by atoms with Crippen molar-refractivity contribution in [2.24, 2.45) is 5.16 Å². The van der Waals surface area contributed by atoms with E-state index in [9.17, 15) is 4.79 Å². The van der Waals surface area contributed by atoms with E-state index in [0.29, 0.717) is 12.2 Å². The third-order valence-electron chi connectivity index (χ3n) is 3.03. The SMILES string of the molecule is CO/N=C(/C(=O)Cl)c1ccccc1COc1cccc(C)c1. The fraction of sp³-hybridized carbons (Fsp3) is 0.176. The summed E-state index contributed by atoms with van der Waals surface area (Å²) < 4.78 is 5.77. The maximum absolute atomic E-state index is 11.5. The van der Waals surface area contributed by atoms with Crippen LogP contribution in [0.5, 0.6) is 5.75 Å². The molecule has 0 radical (unpaired) electrons. The molecule has 0 bridgehead atoms. The third kappa shape index (κ3) is 4.09. The van der Waals surface area contributed by atoms with E-state index in [1.54, 1.807) is 12.1 Å². The van der Waals surface area contributed by atoms with Gasteiger partial charge in [0.15, 0.2) is 5.71 Å². The Labute approximate surface area is 134 Å².